The van der Waals surface area contributed by atoms with Gasteiger partial charge in [0.2, 0.25) is 0 Å². The lowest BCUT2D eigenvalue weighted by molar-refractivity contribution is -0.147. The number of hydrogen-bond donors (Lipinski definition) is 2. The van der Waals surface area contributed by atoms with Crippen LogP contribution >= 0.6 is 7.82 Å². The van der Waals surface area contributed by atoms with Crippen LogP contribution in [0.1, 0.15) is 46.5 Å². The normalized spacial score (nSPS) is 25.4. The third kappa shape index (κ3) is 7.09. The van der Waals surface area contributed by atoms with Gasteiger partial charge >= 0.3 is 19.5 Å². The summed E-state index contributed by atoms with van der Waals surface area (Å²) in [6, 6.07) is 1.14. The molecule has 1 saturated heterocycles. The van der Waals surface area contributed by atoms with Crippen LogP contribution in [0.5, 0.6) is 0 Å². The smallest absolute Gasteiger partial charge is 0.463 e. The predicted octanol–water partition coefficient (Wildman–Crippen LogP) is 1.24. The summed E-state index contributed by atoms with van der Waals surface area (Å²) < 4.78 is 40.7. The summed E-state index contributed by atoms with van der Waals surface area (Å²) in [4.78, 5) is 37.3. The number of aromatic nitrogens is 2. The Balaban J connectivity index is 1.96. The van der Waals surface area contributed by atoms with E-state index in [1.807, 2.05) is 0 Å². The molecule has 1 aromatic heterocycles. The molecule has 0 radical (unpaired) electrons. The number of H-pyrrole nitrogens is 1. The molecule has 182 valence electrons. The number of phosphoric ester groups is 1. The highest BCUT2D eigenvalue weighted by atomic mass is 31.2. The summed E-state index contributed by atoms with van der Waals surface area (Å²) in [5.41, 5.74) is 3.50. The zero-order chi connectivity index (χ0) is 23.9. The number of aromatic amines is 1. The van der Waals surface area contributed by atoms with Crippen molar-refractivity contribution in [1.29, 1.82) is 0 Å². The number of carbonyl (C=O) groups excluding carboxylic acids is 1. The molecule has 2 rings (SSSR count). The second-order valence-corrected chi connectivity index (χ2v) is 9.55. The summed E-state index contributed by atoms with van der Waals surface area (Å²) in [5, 5.41) is 0. The molecule has 0 amide bonds. The molecular weight excluding hydrogens is 445 g/mol. The lowest BCUT2D eigenvalue weighted by Crippen LogP contribution is -2.61. The fourth-order valence-electron chi connectivity index (χ4n) is 3.21. The fraction of sp³-hybridized carbons (Fsp3) is 0.737. The van der Waals surface area contributed by atoms with Crippen molar-refractivity contribution < 1.29 is 32.4 Å². The average Bonchev–Trinajstić information content (AvgIpc) is 2.69. The van der Waals surface area contributed by atoms with Gasteiger partial charge in [-0.2, -0.15) is 0 Å². The third-order valence-corrected chi connectivity index (χ3v) is 6.29. The monoisotopic (exact) mass is 477 g/mol. The molecule has 4 atom stereocenters. The molecule has 0 spiro atoms. The molecule has 1 aliphatic rings. The van der Waals surface area contributed by atoms with Gasteiger partial charge in [-0.05, 0) is 33.6 Å². The Kier molecular flexibility index (Phi) is 9.38. The van der Waals surface area contributed by atoms with Gasteiger partial charge in [-0.3, -0.25) is 32.7 Å². The number of rotatable bonds is 11. The predicted molar refractivity (Wildman–Crippen MR) is 114 cm³/mol. The molecule has 1 fully saturated rings. The Labute approximate surface area is 185 Å². The molecule has 0 bridgehead atoms. The van der Waals surface area contributed by atoms with Crippen molar-refractivity contribution in [3.8, 4) is 0 Å². The van der Waals surface area contributed by atoms with Gasteiger partial charge in [0.05, 0.1) is 19.3 Å². The number of nitrogens with zero attached hydrogens (tertiary/aromatic N) is 1. The Morgan fingerprint density at radius 2 is 2.09 bits per heavy atom. The van der Waals surface area contributed by atoms with Crippen molar-refractivity contribution in [2.75, 3.05) is 20.3 Å². The maximum Gasteiger partial charge on any atom is 0.475 e. The van der Waals surface area contributed by atoms with Gasteiger partial charge in [0.15, 0.2) is 0 Å². The molecule has 1 aliphatic heterocycles. The number of esters is 1. The van der Waals surface area contributed by atoms with Crippen molar-refractivity contribution in [3.63, 3.8) is 0 Å². The number of methoxy groups -OCH3 is 1. The van der Waals surface area contributed by atoms with E-state index in [0.29, 0.717) is 25.7 Å². The molecular formula is C19H32N3O9P. The molecule has 0 aromatic carbocycles. The van der Waals surface area contributed by atoms with Crippen LogP contribution in [0.4, 0.5) is 0 Å². The summed E-state index contributed by atoms with van der Waals surface area (Å²) in [5.74, 6) is -0.263. The van der Waals surface area contributed by atoms with Crippen LogP contribution in [-0.2, 0) is 38.1 Å². The second-order valence-electron chi connectivity index (χ2n) is 7.93. The number of ether oxygens (including phenoxy) is 2. The van der Waals surface area contributed by atoms with Crippen LogP contribution in [-0.4, -0.2) is 54.2 Å². The highest BCUT2D eigenvalue weighted by Crippen LogP contribution is 2.55. The molecule has 2 heterocycles. The van der Waals surface area contributed by atoms with E-state index >= 15 is 0 Å². The van der Waals surface area contributed by atoms with E-state index in [0.717, 1.165) is 10.6 Å². The number of nitrogens with two attached hydrogens (primary N) is 1. The van der Waals surface area contributed by atoms with Crippen molar-refractivity contribution in [2.24, 2.45) is 5.73 Å². The van der Waals surface area contributed by atoms with E-state index < -0.39 is 36.9 Å². The third-order valence-electron chi connectivity index (χ3n) is 4.84. The number of unbranched alkanes of at least 4 members (excludes halogenated alkanes) is 2. The minimum atomic E-state index is -3.99. The highest BCUT2D eigenvalue weighted by molar-refractivity contribution is 7.48. The first kappa shape index (κ1) is 26.4. The molecule has 13 heteroatoms. The van der Waals surface area contributed by atoms with Crippen molar-refractivity contribution in [2.45, 2.75) is 70.4 Å². The Bertz CT molecular complexity index is 927. The molecule has 1 aromatic rings. The van der Waals surface area contributed by atoms with Gasteiger partial charge < -0.3 is 15.2 Å². The Morgan fingerprint density at radius 1 is 1.38 bits per heavy atom. The standard InChI is InChI=1S/C19H32N3O9P/c1-13(2)30-16(24)8-6-5-7-11-28-32(26)29-12-14(27-4)17(31-32)19(3,20)22-10-9-15(23)21-18(22)25/h9-10,13-14,17H,5-8,11-12,20H2,1-4H3,(H,21,23,25)/t14-,17-,19+,32?/m1/s1. The van der Waals surface area contributed by atoms with Crippen LogP contribution in [0, 0.1) is 0 Å². The van der Waals surface area contributed by atoms with Crippen molar-refractivity contribution >= 4 is 13.8 Å². The van der Waals surface area contributed by atoms with Crippen LogP contribution in [0.25, 0.3) is 0 Å². The molecule has 32 heavy (non-hydrogen) atoms. The summed E-state index contributed by atoms with van der Waals surface area (Å²) in [6.45, 7) is 4.99. The van der Waals surface area contributed by atoms with E-state index in [-0.39, 0.29) is 25.3 Å². The first-order valence-corrected chi connectivity index (χ1v) is 11.9. The van der Waals surface area contributed by atoms with E-state index in [4.69, 9.17) is 28.8 Å². The van der Waals surface area contributed by atoms with Gasteiger partial charge in [-0.15, -0.1) is 0 Å². The maximum atomic E-state index is 13.0. The molecule has 0 aliphatic carbocycles. The zero-order valence-corrected chi connectivity index (χ0v) is 19.7. The molecule has 12 nitrogen and oxygen atoms in total. The summed E-state index contributed by atoms with van der Waals surface area (Å²) in [7, 11) is -2.59. The average molecular weight is 477 g/mol. The van der Waals surface area contributed by atoms with Crippen LogP contribution in [0.3, 0.4) is 0 Å². The lowest BCUT2D eigenvalue weighted by Gasteiger charge is -2.42. The topological polar surface area (TPSA) is 161 Å². The Morgan fingerprint density at radius 3 is 2.72 bits per heavy atom. The fourth-order valence-corrected chi connectivity index (χ4v) is 4.72. The second kappa shape index (κ2) is 11.4. The number of phosphoric acid groups is 1. The van der Waals surface area contributed by atoms with Gasteiger partial charge in [0.1, 0.15) is 17.9 Å². The first-order valence-electron chi connectivity index (χ1n) is 10.4. The number of carbonyl (C=O) groups is 1. The van der Waals surface area contributed by atoms with E-state index in [2.05, 4.69) is 4.98 Å². The highest BCUT2D eigenvalue weighted by Gasteiger charge is 2.49. The molecule has 0 saturated carbocycles. The molecule has 1 unspecified atom stereocenters. The quantitative estimate of drug-likeness (QED) is 0.269. The van der Waals surface area contributed by atoms with Crippen LogP contribution in [0.15, 0.2) is 21.9 Å². The van der Waals surface area contributed by atoms with Gasteiger partial charge in [-0.25, -0.2) is 9.36 Å². The Hall–Kier alpha value is -1.82. The van der Waals surface area contributed by atoms with E-state index in [1.54, 1.807) is 13.8 Å². The SMILES string of the molecule is CO[C@@H]1COP(=O)(OCCCCCC(=O)OC(C)C)O[C@H]1[C@@](C)(N)n1ccc(=O)[nH]c1=O. The minimum absolute atomic E-state index is 0.0702. The number of nitrogens with one attached hydrogen (secondary N) is 1. The van der Waals surface area contributed by atoms with Crippen molar-refractivity contribution in [3.05, 3.63) is 33.1 Å². The first-order chi connectivity index (χ1) is 15.0. The van der Waals surface area contributed by atoms with Gasteiger partial charge in [0, 0.05) is 25.8 Å². The molecule has 3 N–H and O–H groups in total. The van der Waals surface area contributed by atoms with Gasteiger partial charge in [0.25, 0.3) is 5.56 Å². The minimum Gasteiger partial charge on any atom is -0.463 e. The zero-order valence-electron chi connectivity index (χ0n) is 18.8. The maximum absolute atomic E-state index is 13.0. The van der Waals surface area contributed by atoms with Gasteiger partial charge in [-0.1, -0.05) is 6.42 Å². The number of hydrogen-bond acceptors (Lipinski definition) is 10. The van der Waals surface area contributed by atoms with Crippen molar-refractivity contribution in [1.82, 2.24) is 9.55 Å². The summed E-state index contributed by atoms with van der Waals surface area (Å²) in [6.07, 6.45) is 1.30. The van der Waals surface area contributed by atoms with Crippen LogP contribution < -0.4 is 17.0 Å². The van der Waals surface area contributed by atoms with E-state index in [9.17, 15) is 18.9 Å². The van der Waals surface area contributed by atoms with Crippen LogP contribution in [0.2, 0.25) is 0 Å². The lowest BCUT2D eigenvalue weighted by atomic mass is 10.0. The largest absolute Gasteiger partial charge is 0.475 e. The van der Waals surface area contributed by atoms with E-state index in [1.165, 1.54) is 20.2 Å². The summed E-state index contributed by atoms with van der Waals surface area (Å²) >= 11 is 0.